The Bertz CT molecular complexity index is 304. The van der Waals surface area contributed by atoms with E-state index in [1.54, 1.807) is 6.92 Å². The van der Waals surface area contributed by atoms with Crippen LogP contribution in [0.25, 0.3) is 0 Å². The molecule has 0 aliphatic carbocycles. The van der Waals surface area contributed by atoms with Crippen LogP contribution in [0.3, 0.4) is 0 Å². The van der Waals surface area contributed by atoms with Crippen LogP contribution in [-0.4, -0.2) is 44.3 Å². The Labute approximate surface area is 116 Å². The highest BCUT2D eigenvalue weighted by Crippen LogP contribution is 2.06. The van der Waals surface area contributed by atoms with Crippen LogP contribution >= 0.6 is 0 Å². The fraction of sp³-hybridized carbons (Fsp3) is 0.667. The van der Waals surface area contributed by atoms with Gasteiger partial charge in [0.05, 0.1) is 0 Å². The van der Waals surface area contributed by atoms with Crippen molar-refractivity contribution in [1.82, 2.24) is 0 Å². The maximum atomic E-state index is 10.00. The van der Waals surface area contributed by atoms with Gasteiger partial charge in [0.1, 0.15) is 0 Å². The first kappa shape index (κ1) is 20.2. The summed E-state index contributed by atoms with van der Waals surface area (Å²) in [4.78, 5) is 39.8. The molecule has 0 aromatic rings. The maximum Gasteiger partial charge on any atom is 0.303 e. The fourth-order valence-electron chi connectivity index (χ4n) is 1.22. The molecule has 20 heavy (non-hydrogen) atoms. The molecule has 0 saturated heterocycles. The number of unbranched alkanes of at least 4 members (excludes halogenated alkanes) is 1. The number of carbonyl (C=O) groups is 4. The number of rotatable bonds is 9. The lowest BCUT2D eigenvalue weighted by atomic mass is 10.1. The Hall–Kier alpha value is -2.12. The molecular weight excluding hydrogens is 272 g/mol. The van der Waals surface area contributed by atoms with E-state index in [-0.39, 0.29) is 31.6 Å². The second-order valence-electron chi connectivity index (χ2n) is 4.30. The van der Waals surface area contributed by atoms with E-state index >= 15 is 0 Å². The van der Waals surface area contributed by atoms with Gasteiger partial charge in [-0.1, -0.05) is 6.92 Å². The summed E-state index contributed by atoms with van der Waals surface area (Å²) in [7, 11) is 0. The molecule has 0 aromatic carbocycles. The predicted octanol–water partition coefficient (Wildman–Crippen LogP) is 1.29. The third-order valence-electron chi connectivity index (χ3n) is 2.08. The first-order valence-corrected chi connectivity index (χ1v) is 6.02. The molecule has 0 rings (SSSR count). The van der Waals surface area contributed by atoms with Crippen molar-refractivity contribution >= 4 is 23.9 Å². The lowest BCUT2D eigenvalue weighted by Crippen LogP contribution is -2.08. The normalized spacial score (nSPS) is 9.50. The summed E-state index contributed by atoms with van der Waals surface area (Å²) < 4.78 is 0. The standard InChI is InChI=1S/2C6H10O4/c1-4(2-5(7)8)3-6(9)10;7-5(8)3-1-2-4-6(9)10/h4H,2-3H2,1H3,(H,7,8)(H,9,10);1-4H2,(H,7,8)(H,9,10). The van der Waals surface area contributed by atoms with E-state index in [0.717, 1.165) is 0 Å². The van der Waals surface area contributed by atoms with E-state index in [1.807, 2.05) is 0 Å². The monoisotopic (exact) mass is 292 g/mol. The molecule has 0 bridgehead atoms. The minimum absolute atomic E-state index is 0.0628. The molecule has 0 spiro atoms. The van der Waals surface area contributed by atoms with E-state index < -0.39 is 23.9 Å². The van der Waals surface area contributed by atoms with Crippen molar-refractivity contribution in [3.63, 3.8) is 0 Å². The molecule has 8 heteroatoms. The van der Waals surface area contributed by atoms with Gasteiger partial charge in [-0.15, -0.1) is 0 Å². The van der Waals surface area contributed by atoms with Gasteiger partial charge in [0, 0.05) is 25.7 Å². The molecule has 4 N–H and O–H groups in total. The zero-order chi connectivity index (χ0) is 16.1. The summed E-state index contributed by atoms with van der Waals surface area (Å²) >= 11 is 0. The molecule has 0 atom stereocenters. The Morgan fingerprint density at radius 1 is 0.700 bits per heavy atom. The van der Waals surface area contributed by atoms with Crippen molar-refractivity contribution in [3.8, 4) is 0 Å². The molecule has 0 amide bonds. The number of carboxylic acid groups (broad SMARTS) is 4. The predicted molar refractivity (Wildman–Crippen MR) is 67.4 cm³/mol. The summed E-state index contributed by atoms with van der Waals surface area (Å²) in [6, 6.07) is 0. The Kier molecular flexibility index (Phi) is 12.1. The Balaban J connectivity index is 0. The quantitative estimate of drug-likeness (QED) is 0.464. The minimum atomic E-state index is -0.950. The van der Waals surface area contributed by atoms with E-state index in [2.05, 4.69) is 0 Å². The number of hydrogen-bond acceptors (Lipinski definition) is 4. The van der Waals surface area contributed by atoms with Crippen molar-refractivity contribution in [2.24, 2.45) is 5.92 Å². The second kappa shape index (κ2) is 11.9. The zero-order valence-corrected chi connectivity index (χ0v) is 11.2. The van der Waals surface area contributed by atoms with Crippen LogP contribution in [0.1, 0.15) is 45.4 Å². The summed E-state index contributed by atoms with van der Waals surface area (Å²) in [5, 5.41) is 32.7. The summed E-state index contributed by atoms with van der Waals surface area (Å²) in [5.41, 5.74) is 0. The van der Waals surface area contributed by atoms with E-state index in [9.17, 15) is 19.2 Å². The van der Waals surface area contributed by atoms with Crippen LogP contribution in [0.15, 0.2) is 0 Å². The third-order valence-corrected chi connectivity index (χ3v) is 2.08. The molecule has 0 unspecified atom stereocenters. The van der Waals surface area contributed by atoms with Gasteiger partial charge < -0.3 is 20.4 Å². The van der Waals surface area contributed by atoms with Crippen LogP contribution in [-0.2, 0) is 19.2 Å². The first-order chi connectivity index (χ1) is 9.15. The highest BCUT2D eigenvalue weighted by Gasteiger charge is 2.10. The highest BCUT2D eigenvalue weighted by atomic mass is 16.4. The van der Waals surface area contributed by atoms with Crippen LogP contribution in [0.2, 0.25) is 0 Å². The summed E-state index contributed by atoms with van der Waals surface area (Å²) in [5.74, 6) is -3.92. The SMILES string of the molecule is CC(CC(=O)O)CC(=O)O.O=C(O)CCCCC(=O)O. The van der Waals surface area contributed by atoms with Crippen molar-refractivity contribution in [3.05, 3.63) is 0 Å². The van der Waals surface area contributed by atoms with Crippen molar-refractivity contribution in [2.75, 3.05) is 0 Å². The van der Waals surface area contributed by atoms with Gasteiger partial charge in [0.15, 0.2) is 0 Å². The highest BCUT2D eigenvalue weighted by molar-refractivity contribution is 5.70. The molecule has 0 aliphatic heterocycles. The summed E-state index contributed by atoms with van der Waals surface area (Å²) in [6.45, 7) is 1.60. The first-order valence-electron chi connectivity index (χ1n) is 6.02. The van der Waals surface area contributed by atoms with Gasteiger partial charge in [0.2, 0.25) is 0 Å². The molecule has 0 heterocycles. The van der Waals surface area contributed by atoms with Crippen LogP contribution in [0, 0.1) is 5.92 Å². The van der Waals surface area contributed by atoms with Gasteiger partial charge in [-0.2, -0.15) is 0 Å². The molecule has 116 valence electrons. The lowest BCUT2D eigenvalue weighted by Gasteiger charge is -2.02. The smallest absolute Gasteiger partial charge is 0.303 e. The van der Waals surface area contributed by atoms with Gasteiger partial charge in [-0.05, 0) is 18.8 Å². The number of carboxylic acids is 4. The van der Waals surface area contributed by atoms with E-state index in [1.165, 1.54) is 0 Å². The minimum Gasteiger partial charge on any atom is -0.481 e. The molecule has 0 aromatic heterocycles. The van der Waals surface area contributed by atoms with Crippen molar-refractivity contribution in [2.45, 2.75) is 45.4 Å². The zero-order valence-electron chi connectivity index (χ0n) is 11.2. The molecular formula is C12H20O8. The number of hydrogen-bond donors (Lipinski definition) is 4. The third kappa shape index (κ3) is 21.2. The Morgan fingerprint density at radius 3 is 1.20 bits per heavy atom. The number of aliphatic carboxylic acids is 4. The van der Waals surface area contributed by atoms with Gasteiger partial charge in [0.25, 0.3) is 0 Å². The molecule has 0 saturated carbocycles. The topological polar surface area (TPSA) is 149 Å². The van der Waals surface area contributed by atoms with Crippen molar-refractivity contribution in [1.29, 1.82) is 0 Å². The second-order valence-corrected chi connectivity index (χ2v) is 4.30. The molecule has 0 radical (unpaired) electrons. The molecule has 0 fully saturated rings. The largest absolute Gasteiger partial charge is 0.481 e. The van der Waals surface area contributed by atoms with Crippen molar-refractivity contribution < 1.29 is 39.6 Å². The lowest BCUT2D eigenvalue weighted by molar-refractivity contribution is -0.141. The van der Waals surface area contributed by atoms with Gasteiger partial charge in [-0.25, -0.2) is 0 Å². The van der Waals surface area contributed by atoms with Gasteiger partial charge >= 0.3 is 23.9 Å². The molecule has 0 aliphatic rings. The van der Waals surface area contributed by atoms with E-state index in [0.29, 0.717) is 12.8 Å². The Morgan fingerprint density at radius 2 is 1.00 bits per heavy atom. The molecule has 8 nitrogen and oxygen atoms in total. The van der Waals surface area contributed by atoms with Crippen LogP contribution in [0.5, 0.6) is 0 Å². The average Bonchev–Trinajstić information content (AvgIpc) is 2.22. The summed E-state index contributed by atoms with van der Waals surface area (Å²) in [6.07, 6.45) is 0.864. The van der Waals surface area contributed by atoms with Crippen LogP contribution in [0.4, 0.5) is 0 Å². The van der Waals surface area contributed by atoms with E-state index in [4.69, 9.17) is 20.4 Å². The maximum absolute atomic E-state index is 10.00. The van der Waals surface area contributed by atoms with Gasteiger partial charge in [-0.3, -0.25) is 19.2 Å². The average molecular weight is 292 g/mol. The fourth-order valence-corrected chi connectivity index (χ4v) is 1.22. The van der Waals surface area contributed by atoms with Crippen LogP contribution < -0.4 is 0 Å².